The van der Waals surface area contributed by atoms with Crippen molar-refractivity contribution in [3.05, 3.63) is 6.43 Å². The maximum atomic E-state index is 13.7. The van der Waals surface area contributed by atoms with E-state index in [1.165, 1.54) is 4.39 Å². The molecular formula is C8F15O3S. The Labute approximate surface area is 137 Å². The molecule has 1 fully saturated rings. The van der Waals surface area contributed by atoms with E-state index in [0.717, 1.165) is 0 Å². The number of rotatable bonds is 4. The zero-order chi connectivity index (χ0) is 22.3. The molecule has 0 aromatic heterocycles. The summed E-state index contributed by atoms with van der Waals surface area (Å²) in [6, 6.07) is 0. The predicted octanol–water partition coefficient (Wildman–Crippen LogP) is 4.21. The maximum Gasteiger partial charge on any atom is 0.384 e. The minimum Gasteiger partial charge on any atom is -0.197 e. The molecule has 1 saturated carbocycles. The predicted molar refractivity (Wildman–Crippen MR) is 49.0 cm³/mol. The molecule has 0 aliphatic heterocycles. The molecule has 0 unspecified atom stereocenters. The Morgan fingerprint density at radius 1 is 0.667 bits per heavy atom. The van der Waals surface area contributed by atoms with Gasteiger partial charge in [0.15, 0.2) is 0 Å². The topological polar surface area (TPSA) is 43.4 Å². The van der Waals surface area contributed by atoms with E-state index in [2.05, 4.69) is 0 Å². The van der Waals surface area contributed by atoms with Crippen molar-refractivity contribution >= 4 is 10.1 Å². The quantitative estimate of drug-likeness (QED) is 0.590. The molecule has 161 valence electrons. The molecule has 0 amide bonds. The van der Waals surface area contributed by atoms with Crippen LogP contribution in [0.15, 0.2) is 0 Å². The van der Waals surface area contributed by atoms with Crippen LogP contribution in [0.1, 0.15) is 0 Å². The largest absolute Gasteiger partial charge is 0.384 e. The molecular weight excluding hydrogens is 461 g/mol. The monoisotopic (exact) mass is 461 g/mol. The summed E-state index contributed by atoms with van der Waals surface area (Å²) < 4.78 is 212. The standard InChI is InChI=1S/C8F15O3S/c9-1(10)2(11,12)3(27(24,25)26-23)4(13,14)6(17,18)8(21,22)7(19,20)5(3,15)16. The lowest BCUT2D eigenvalue weighted by Gasteiger charge is -2.55. The highest BCUT2D eigenvalue weighted by atomic mass is 32.2. The Hall–Kier alpha value is -1.14. The molecule has 0 aromatic rings. The van der Waals surface area contributed by atoms with Crippen molar-refractivity contribution in [1.29, 1.82) is 0 Å². The van der Waals surface area contributed by atoms with Gasteiger partial charge in [0.05, 0.1) is 0 Å². The fraction of sp³-hybridized carbons (Fsp3) is 0.875. The third-order valence-electron chi connectivity index (χ3n) is 3.60. The lowest BCUT2D eigenvalue weighted by Crippen LogP contribution is -2.90. The van der Waals surface area contributed by atoms with Gasteiger partial charge in [-0.15, -0.1) is 0 Å². The Balaban J connectivity index is 4.44. The van der Waals surface area contributed by atoms with E-state index in [9.17, 15) is 74.4 Å². The summed E-state index contributed by atoms with van der Waals surface area (Å²) in [7, 11) is -8.60. The van der Waals surface area contributed by atoms with Gasteiger partial charge < -0.3 is 0 Å². The van der Waals surface area contributed by atoms with Gasteiger partial charge in [-0.25, -0.2) is 0 Å². The van der Waals surface area contributed by atoms with Crippen molar-refractivity contribution in [3.63, 3.8) is 0 Å². The second kappa shape index (κ2) is 5.47. The van der Waals surface area contributed by atoms with Gasteiger partial charge in [-0.2, -0.15) is 69.9 Å². The summed E-state index contributed by atoms with van der Waals surface area (Å²) in [6.07, 6.45) is -5.26. The van der Waals surface area contributed by atoms with E-state index >= 15 is 0 Å². The van der Waals surface area contributed by atoms with Gasteiger partial charge in [-0.3, -0.25) is 0 Å². The van der Waals surface area contributed by atoms with Crippen molar-refractivity contribution in [2.75, 3.05) is 0 Å². The van der Waals surface area contributed by atoms with Gasteiger partial charge in [0, 0.05) is 0 Å². The second-order valence-corrected chi connectivity index (χ2v) is 6.55. The molecule has 0 spiro atoms. The van der Waals surface area contributed by atoms with E-state index < -0.39 is 56.8 Å². The third kappa shape index (κ3) is 2.04. The van der Waals surface area contributed by atoms with Crippen molar-refractivity contribution in [2.45, 2.75) is 40.3 Å². The fourth-order valence-electron chi connectivity index (χ4n) is 2.28. The first-order valence-electron chi connectivity index (χ1n) is 5.50. The van der Waals surface area contributed by atoms with Crippen LogP contribution in [0.25, 0.3) is 0 Å². The van der Waals surface area contributed by atoms with E-state index in [-0.39, 0.29) is 0 Å². The summed E-state index contributed by atoms with van der Waals surface area (Å²) in [5.74, 6) is -49.0. The number of halogens is 15. The molecule has 27 heavy (non-hydrogen) atoms. The van der Waals surface area contributed by atoms with E-state index in [0.29, 0.717) is 0 Å². The normalized spacial score (nSPS) is 28.1. The number of hydrogen-bond donors (Lipinski definition) is 0. The molecule has 19 heteroatoms. The average molecular weight is 461 g/mol. The minimum atomic E-state index is -8.60. The molecule has 0 atom stereocenters. The third-order valence-corrected chi connectivity index (χ3v) is 5.28. The highest BCUT2D eigenvalue weighted by Crippen LogP contribution is 2.74. The molecule has 1 rings (SSSR count). The fourth-order valence-corrected chi connectivity index (χ4v) is 3.65. The van der Waals surface area contributed by atoms with E-state index in [1.807, 2.05) is 0 Å². The molecule has 0 aromatic carbocycles. The van der Waals surface area contributed by atoms with Crippen LogP contribution in [0, 0.1) is 6.43 Å². The van der Waals surface area contributed by atoms with Crippen molar-refractivity contribution in [2.24, 2.45) is 0 Å². The molecule has 0 heterocycles. The van der Waals surface area contributed by atoms with Crippen molar-refractivity contribution < 1.29 is 78.8 Å². The molecule has 1 aliphatic rings. The Morgan fingerprint density at radius 2 is 0.926 bits per heavy atom. The summed E-state index contributed by atoms with van der Waals surface area (Å²) in [4.78, 5) is 0. The Bertz CT molecular complexity index is 681. The van der Waals surface area contributed by atoms with Gasteiger partial charge in [0.1, 0.15) is 0 Å². The van der Waals surface area contributed by atoms with Crippen LogP contribution < -0.4 is 0 Å². The highest BCUT2D eigenvalue weighted by molar-refractivity contribution is 7.88. The zero-order valence-electron chi connectivity index (χ0n) is 11.3. The molecule has 0 saturated heterocycles. The zero-order valence-corrected chi connectivity index (χ0v) is 12.1. The van der Waals surface area contributed by atoms with Crippen LogP contribution in [0.5, 0.6) is 0 Å². The lowest BCUT2D eigenvalue weighted by atomic mass is 9.70. The van der Waals surface area contributed by atoms with Crippen LogP contribution in [0.3, 0.4) is 0 Å². The summed E-state index contributed by atoms with van der Waals surface area (Å²) >= 11 is 0. The van der Waals surface area contributed by atoms with E-state index in [4.69, 9.17) is 0 Å². The minimum absolute atomic E-state index is 1.22. The van der Waals surface area contributed by atoms with Crippen LogP contribution in [0.2, 0.25) is 0 Å². The van der Waals surface area contributed by atoms with Crippen LogP contribution >= 0.6 is 0 Å². The van der Waals surface area contributed by atoms with Gasteiger partial charge in [-0.05, 0) is 4.53 Å². The summed E-state index contributed by atoms with van der Waals surface area (Å²) in [5.41, 5.74) is 0. The van der Waals surface area contributed by atoms with Gasteiger partial charge in [0.25, 0.3) is 0 Å². The first-order valence-corrected chi connectivity index (χ1v) is 6.91. The average Bonchev–Trinajstić information content (AvgIpc) is 2.44. The van der Waals surface area contributed by atoms with Gasteiger partial charge in [0.2, 0.25) is 0 Å². The first-order chi connectivity index (χ1) is 11.5. The van der Waals surface area contributed by atoms with Crippen LogP contribution in [0.4, 0.5) is 66.0 Å². The number of alkyl halides is 12. The molecule has 1 aliphatic carbocycles. The molecule has 1 radical (unpaired) electrons. The Kier molecular flexibility index (Phi) is 4.84. The second-order valence-electron chi connectivity index (χ2n) is 4.91. The van der Waals surface area contributed by atoms with Gasteiger partial charge >= 0.3 is 56.8 Å². The summed E-state index contributed by atoms with van der Waals surface area (Å²) in [5, 5.41) is 0. The first kappa shape index (κ1) is 23.9. The molecule has 3 nitrogen and oxygen atoms in total. The molecule has 0 N–H and O–H groups in total. The lowest BCUT2D eigenvalue weighted by molar-refractivity contribution is -0.472. The summed E-state index contributed by atoms with van der Waals surface area (Å²) in [6.45, 7) is 0. The van der Waals surface area contributed by atoms with Crippen LogP contribution in [-0.2, 0) is 14.5 Å². The van der Waals surface area contributed by atoms with Gasteiger partial charge in [-0.1, -0.05) is 4.39 Å². The smallest absolute Gasteiger partial charge is 0.197 e. The van der Waals surface area contributed by atoms with Crippen molar-refractivity contribution in [3.8, 4) is 0 Å². The SMILES string of the molecule is O=S(=O)(OF)C1(C(F)(F)[C](F)F)C(F)(F)C(F)(F)C(F)(F)C(F)(F)C1(F)F. The van der Waals surface area contributed by atoms with E-state index in [1.54, 1.807) is 0 Å². The molecule has 0 bridgehead atoms. The maximum absolute atomic E-state index is 13.7. The highest BCUT2D eigenvalue weighted by Gasteiger charge is 3.08. The Morgan fingerprint density at radius 3 is 1.15 bits per heavy atom. The van der Waals surface area contributed by atoms with Crippen LogP contribution in [-0.4, -0.2) is 48.7 Å². The number of hydrogen-bond acceptors (Lipinski definition) is 3. The van der Waals surface area contributed by atoms with Crippen molar-refractivity contribution in [1.82, 2.24) is 0 Å².